The van der Waals surface area contributed by atoms with Gasteiger partial charge in [-0.05, 0) is 90.3 Å². The molecule has 0 bridgehead atoms. The third kappa shape index (κ3) is 4.21. The fourth-order valence-corrected chi connectivity index (χ4v) is 6.74. The van der Waals surface area contributed by atoms with Gasteiger partial charge in [-0.1, -0.05) is 140 Å². The lowest BCUT2D eigenvalue weighted by Crippen LogP contribution is -1.93. The molecule has 0 fully saturated rings. The van der Waals surface area contributed by atoms with Gasteiger partial charge in [0.1, 0.15) is 0 Å². The van der Waals surface area contributed by atoms with Crippen molar-refractivity contribution in [1.82, 2.24) is 4.98 Å². The van der Waals surface area contributed by atoms with Crippen LogP contribution in [0.2, 0.25) is 0 Å². The van der Waals surface area contributed by atoms with Crippen LogP contribution < -0.4 is 0 Å². The average molecular weight is 548 g/mol. The van der Waals surface area contributed by atoms with Gasteiger partial charge in [0.25, 0.3) is 0 Å². The number of hydrogen-bond acceptors (Lipinski definition) is 1. The molecule has 1 heteroatoms. The molecule has 8 rings (SSSR count). The van der Waals surface area contributed by atoms with Crippen molar-refractivity contribution in [3.05, 3.63) is 163 Å². The first-order chi connectivity index (χ1) is 21.3. The van der Waals surface area contributed by atoms with Gasteiger partial charge in [-0.2, -0.15) is 0 Å². The van der Waals surface area contributed by atoms with Gasteiger partial charge in [0.15, 0.2) is 0 Å². The van der Waals surface area contributed by atoms with Gasteiger partial charge in [-0.25, -0.2) is 0 Å². The summed E-state index contributed by atoms with van der Waals surface area (Å²) in [4.78, 5) is 4.72. The molecule has 0 saturated carbocycles. The number of rotatable bonds is 4. The Bertz CT molecular complexity index is 2240. The maximum absolute atomic E-state index is 4.72. The van der Waals surface area contributed by atoms with E-state index in [0.717, 1.165) is 11.3 Å². The number of hydrogen-bond donors (Lipinski definition) is 0. The molecule has 1 aromatic heterocycles. The standard InChI is InChI=1S/C42H29N/c1-28-13-12-26-43-42(28)31-17-9-16-30(27-31)40-36-18-5-7-20-38(36)41(39-21-8-6-19-37(39)40)35-25-11-23-33-32(22-10-24-34(33)35)29-14-3-2-4-15-29/h2-27H,1H3. The molecule has 8 aromatic rings. The Kier molecular flexibility index (Phi) is 6.09. The Morgan fingerprint density at radius 1 is 0.372 bits per heavy atom. The molecule has 0 aliphatic carbocycles. The third-order valence-corrected chi connectivity index (χ3v) is 8.64. The van der Waals surface area contributed by atoms with Gasteiger partial charge in [-0.15, -0.1) is 0 Å². The number of fused-ring (bicyclic) bond motifs is 3. The van der Waals surface area contributed by atoms with Crippen LogP contribution in [0.4, 0.5) is 0 Å². The van der Waals surface area contributed by atoms with Crippen LogP contribution in [0.3, 0.4) is 0 Å². The normalized spacial score (nSPS) is 11.4. The van der Waals surface area contributed by atoms with E-state index in [2.05, 4.69) is 153 Å². The Morgan fingerprint density at radius 3 is 1.56 bits per heavy atom. The van der Waals surface area contributed by atoms with Crippen LogP contribution in [-0.4, -0.2) is 4.98 Å². The molecular weight excluding hydrogens is 518 g/mol. The quantitative estimate of drug-likeness (QED) is 0.200. The molecule has 0 spiro atoms. The average Bonchev–Trinajstić information content (AvgIpc) is 3.07. The van der Waals surface area contributed by atoms with Crippen molar-refractivity contribution in [3.63, 3.8) is 0 Å². The molecule has 43 heavy (non-hydrogen) atoms. The minimum Gasteiger partial charge on any atom is -0.256 e. The van der Waals surface area contributed by atoms with Gasteiger partial charge in [0.2, 0.25) is 0 Å². The summed E-state index contributed by atoms with van der Waals surface area (Å²) in [6, 6.07) is 54.9. The minimum absolute atomic E-state index is 1.03. The van der Waals surface area contributed by atoms with Gasteiger partial charge < -0.3 is 0 Å². The van der Waals surface area contributed by atoms with Crippen molar-refractivity contribution in [3.8, 4) is 44.6 Å². The smallest absolute Gasteiger partial charge is 0.0731 e. The van der Waals surface area contributed by atoms with E-state index in [1.54, 1.807) is 0 Å². The zero-order chi connectivity index (χ0) is 28.8. The monoisotopic (exact) mass is 547 g/mol. The van der Waals surface area contributed by atoms with E-state index >= 15 is 0 Å². The van der Waals surface area contributed by atoms with E-state index in [9.17, 15) is 0 Å². The Labute approximate surface area is 251 Å². The van der Waals surface area contributed by atoms with E-state index in [1.807, 2.05) is 12.3 Å². The van der Waals surface area contributed by atoms with Crippen LogP contribution in [0, 0.1) is 6.92 Å². The van der Waals surface area contributed by atoms with Crippen LogP contribution in [0.5, 0.6) is 0 Å². The summed E-state index contributed by atoms with van der Waals surface area (Å²) in [5.41, 5.74) is 10.8. The van der Waals surface area contributed by atoms with Gasteiger partial charge in [0.05, 0.1) is 5.69 Å². The zero-order valence-corrected chi connectivity index (χ0v) is 24.0. The summed E-state index contributed by atoms with van der Waals surface area (Å²) in [7, 11) is 0. The number of pyridine rings is 1. The Hall–Kier alpha value is -5.53. The maximum Gasteiger partial charge on any atom is 0.0731 e. The first-order valence-corrected chi connectivity index (χ1v) is 14.8. The lowest BCUT2D eigenvalue weighted by atomic mass is 9.84. The predicted molar refractivity (Wildman–Crippen MR) is 183 cm³/mol. The summed E-state index contributed by atoms with van der Waals surface area (Å²) in [5.74, 6) is 0. The fraction of sp³-hybridized carbons (Fsp3) is 0.0238. The highest BCUT2D eigenvalue weighted by atomic mass is 14.7. The minimum atomic E-state index is 1.03. The lowest BCUT2D eigenvalue weighted by molar-refractivity contribution is 1.27. The SMILES string of the molecule is Cc1cccnc1-c1cccc(-c2c3ccccc3c(-c3cccc4c(-c5ccccc5)cccc34)c3ccccc23)c1. The molecular formula is C42H29N. The number of aromatic nitrogens is 1. The van der Waals surface area contributed by atoms with Gasteiger partial charge >= 0.3 is 0 Å². The molecule has 0 saturated heterocycles. The third-order valence-electron chi connectivity index (χ3n) is 8.64. The molecule has 0 amide bonds. The first-order valence-electron chi connectivity index (χ1n) is 14.8. The summed E-state index contributed by atoms with van der Waals surface area (Å²) < 4.78 is 0. The van der Waals surface area contributed by atoms with Crippen molar-refractivity contribution in [2.75, 3.05) is 0 Å². The molecule has 1 nitrogen and oxygen atoms in total. The van der Waals surface area contributed by atoms with Crippen molar-refractivity contribution >= 4 is 32.3 Å². The zero-order valence-electron chi connectivity index (χ0n) is 24.0. The molecule has 0 aliphatic rings. The Morgan fingerprint density at radius 2 is 0.884 bits per heavy atom. The highest BCUT2D eigenvalue weighted by molar-refractivity contribution is 6.24. The van der Waals surface area contributed by atoms with Crippen LogP contribution in [0.15, 0.2) is 158 Å². The van der Waals surface area contributed by atoms with E-state index in [1.165, 1.54) is 71.3 Å². The van der Waals surface area contributed by atoms with Crippen molar-refractivity contribution in [2.24, 2.45) is 0 Å². The molecule has 0 atom stereocenters. The second-order valence-corrected chi connectivity index (χ2v) is 11.2. The summed E-state index contributed by atoms with van der Waals surface area (Å²) in [5, 5.41) is 7.55. The molecule has 0 radical (unpaired) electrons. The van der Waals surface area contributed by atoms with E-state index in [4.69, 9.17) is 4.98 Å². The Balaban J connectivity index is 1.44. The second-order valence-electron chi connectivity index (χ2n) is 11.2. The van der Waals surface area contributed by atoms with E-state index < -0.39 is 0 Å². The molecule has 0 unspecified atom stereocenters. The molecule has 0 N–H and O–H groups in total. The van der Waals surface area contributed by atoms with Gasteiger partial charge in [-0.3, -0.25) is 4.98 Å². The molecule has 1 heterocycles. The summed E-state index contributed by atoms with van der Waals surface area (Å²) in [6.07, 6.45) is 1.88. The lowest BCUT2D eigenvalue weighted by Gasteiger charge is -2.19. The molecule has 0 aliphatic heterocycles. The predicted octanol–water partition coefficient (Wildman–Crippen LogP) is 11.5. The second kappa shape index (κ2) is 10.4. The van der Waals surface area contributed by atoms with Crippen LogP contribution in [0.25, 0.3) is 77.0 Å². The van der Waals surface area contributed by atoms with Gasteiger partial charge in [0, 0.05) is 11.8 Å². The molecule has 202 valence electrons. The van der Waals surface area contributed by atoms with E-state index in [-0.39, 0.29) is 0 Å². The van der Waals surface area contributed by atoms with Crippen molar-refractivity contribution in [2.45, 2.75) is 6.92 Å². The molecule has 7 aromatic carbocycles. The van der Waals surface area contributed by atoms with Crippen molar-refractivity contribution < 1.29 is 0 Å². The van der Waals surface area contributed by atoms with Crippen molar-refractivity contribution in [1.29, 1.82) is 0 Å². The van der Waals surface area contributed by atoms with Crippen LogP contribution in [0.1, 0.15) is 5.56 Å². The van der Waals surface area contributed by atoms with Crippen LogP contribution >= 0.6 is 0 Å². The maximum atomic E-state index is 4.72. The number of aryl methyl sites for hydroxylation is 1. The first kappa shape index (κ1) is 25.2. The highest BCUT2D eigenvalue weighted by Crippen LogP contribution is 2.46. The summed E-state index contributed by atoms with van der Waals surface area (Å²) >= 11 is 0. The largest absolute Gasteiger partial charge is 0.256 e. The number of benzene rings is 7. The number of nitrogens with zero attached hydrogens (tertiary/aromatic N) is 1. The summed E-state index contributed by atoms with van der Waals surface area (Å²) in [6.45, 7) is 2.13. The fourth-order valence-electron chi connectivity index (χ4n) is 6.74. The topological polar surface area (TPSA) is 12.9 Å². The van der Waals surface area contributed by atoms with Crippen LogP contribution in [-0.2, 0) is 0 Å². The highest BCUT2D eigenvalue weighted by Gasteiger charge is 2.19. The van der Waals surface area contributed by atoms with E-state index in [0.29, 0.717) is 0 Å².